The van der Waals surface area contributed by atoms with Gasteiger partial charge < -0.3 is 5.11 Å². The highest BCUT2D eigenvalue weighted by Gasteiger charge is 2.67. The molecular formula is C12H13F3O2S. The minimum absolute atomic E-state index is 0.0331. The maximum Gasteiger partial charge on any atom is 0.395 e. The number of aliphatic carboxylic acids is 1. The van der Waals surface area contributed by atoms with Gasteiger partial charge in [-0.1, -0.05) is 0 Å². The zero-order valence-corrected chi connectivity index (χ0v) is 10.6. The normalized spacial score (nSPS) is 19.6. The summed E-state index contributed by atoms with van der Waals surface area (Å²) < 4.78 is 39.3. The van der Waals surface area contributed by atoms with Gasteiger partial charge in [-0.05, 0) is 31.9 Å². The average molecular weight is 278 g/mol. The van der Waals surface area contributed by atoms with Crippen LogP contribution in [0.1, 0.15) is 34.9 Å². The lowest BCUT2D eigenvalue weighted by atomic mass is 9.84. The highest BCUT2D eigenvalue weighted by atomic mass is 32.1. The quantitative estimate of drug-likeness (QED) is 0.905. The topological polar surface area (TPSA) is 37.3 Å². The Morgan fingerprint density at radius 2 is 2.11 bits per heavy atom. The Labute approximate surface area is 106 Å². The van der Waals surface area contributed by atoms with Crippen LogP contribution >= 0.6 is 11.3 Å². The first-order valence-electron chi connectivity index (χ1n) is 5.61. The van der Waals surface area contributed by atoms with E-state index in [0.29, 0.717) is 4.88 Å². The first-order chi connectivity index (χ1) is 8.26. The second-order valence-electron chi connectivity index (χ2n) is 4.75. The van der Waals surface area contributed by atoms with Crippen LogP contribution in [0.3, 0.4) is 0 Å². The molecule has 0 bridgehead atoms. The number of thiophene rings is 1. The Bertz CT molecular complexity index is 460. The Hall–Kier alpha value is -1.04. The second-order valence-corrected chi connectivity index (χ2v) is 6.07. The molecule has 1 aliphatic rings. The van der Waals surface area contributed by atoms with E-state index >= 15 is 0 Å². The van der Waals surface area contributed by atoms with Crippen LogP contribution in [0.4, 0.5) is 13.2 Å². The van der Waals surface area contributed by atoms with Crippen molar-refractivity contribution in [3.63, 3.8) is 0 Å². The Morgan fingerprint density at radius 1 is 1.50 bits per heavy atom. The minimum atomic E-state index is -4.33. The number of hydrogen-bond acceptors (Lipinski definition) is 2. The Morgan fingerprint density at radius 3 is 2.44 bits per heavy atom. The van der Waals surface area contributed by atoms with Crippen LogP contribution in [0, 0.1) is 12.3 Å². The fourth-order valence-electron chi connectivity index (χ4n) is 2.35. The molecule has 1 aromatic rings. The molecule has 1 aromatic heterocycles. The van der Waals surface area contributed by atoms with Gasteiger partial charge in [0.25, 0.3) is 0 Å². The molecule has 1 heterocycles. The summed E-state index contributed by atoms with van der Waals surface area (Å²) in [7, 11) is 0. The fraction of sp³-hybridized carbons (Fsp3) is 0.583. The first-order valence-corrected chi connectivity index (χ1v) is 6.43. The molecule has 1 atom stereocenters. The van der Waals surface area contributed by atoms with Gasteiger partial charge in [-0.3, -0.25) is 4.79 Å². The maximum absolute atomic E-state index is 13.1. The van der Waals surface area contributed by atoms with E-state index in [1.165, 1.54) is 11.3 Å². The van der Waals surface area contributed by atoms with Gasteiger partial charge in [-0.15, -0.1) is 11.3 Å². The zero-order chi connectivity index (χ0) is 13.6. The molecule has 1 unspecified atom stereocenters. The monoisotopic (exact) mass is 278 g/mol. The Kier molecular flexibility index (Phi) is 3.17. The summed E-state index contributed by atoms with van der Waals surface area (Å²) in [5, 5.41) is 8.85. The molecule has 0 saturated heterocycles. The van der Waals surface area contributed by atoms with E-state index in [2.05, 4.69) is 0 Å². The van der Waals surface area contributed by atoms with E-state index < -0.39 is 29.9 Å². The Balaban J connectivity index is 2.35. The fourth-order valence-corrected chi connectivity index (χ4v) is 3.44. The van der Waals surface area contributed by atoms with E-state index in [0.717, 1.165) is 4.88 Å². The van der Waals surface area contributed by atoms with Crippen LogP contribution in [0.25, 0.3) is 0 Å². The van der Waals surface area contributed by atoms with E-state index in [1.54, 1.807) is 19.1 Å². The molecule has 18 heavy (non-hydrogen) atoms. The van der Waals surface area contributed by atoms with E-state index in [-0.39, 0.29) is 12.8 Å². The molecule has 1 N–H and O–H groups in total. The van der Waals surface area contributed by atoms with Crippen molar-refractivity contribution in [3.8, 4) is 0 Å². The number of alkyl halides is 3. The molecule has 1 saturated carbocycles. The minimum Gasteiger partial charge on any atom is -0.481 e. The number of carboxylic acid groups (broad SMARTS) is 1. The summed E-state index contributed by atoms with van der Waals surface area (Å²) in [6, 6.07) is 3.36. The maximum atomic E-state index is 13.1. The van der Waals surface area contributed by atoms with Crippen molar-refractivity contribution in [2.24, 2.45) is 5.41 Å². The van der Waals surface area contributed by atoms with Gasteiger partial charge in [0, 0.05) is 15.7 Å². The molecule has 1 fully saturated rings. The van der Waals surface area contributed by atoms with Crippen LogP contribution in [-0.2, 0) is 4.79 Å². The van der Waals surface area contributed by atoms with Crippen LogP contribution < -0.4 is 0 Å². The highest BCUT2D eigenvalue weighted by Crippen LogP contribution is 2.66. The van der Waals surface area contributed by atoms with Gasteiger partial charge in [0.05, 0.1) is 11.8 Å². The summed E-state index contributed by atoms with van der Waals surface area (Å²) >= 11 is 1.26. The summed E-state index contributed by atoms with van der Waals surface area (Å²) in [5.41, 5.74) is -1.82. The number of carboxylic acids is 1. The predicted molar refractivity (Wildman–Crippen MR) is 61.8 cm³/mol. The molecule has 0 aromatic carbocycles. The molecule has 2 rings (SSSR count). The molecule has 1 aliphatic carbocycles. The van der Waals surface area contributed by atoms with Crippen molar-refractivity contribution in [2.45, 2.75) is 38.3 Å². The van der Waals surface area contributed by atoms with Crippen LogP contribution in [0.15, 0.2) is 12.1 Å². The second kappa shape index (κ2) is 4.26. The van der Waals surface area contributed by atoms with Gasteiger partial charge in [0.15, 0.2) is 0 Å². The third kappa shape index (κ3) is 2.25. The van der Waals surface area contributed by atoms with Crippen molar-refractivity contribution in [3.05, 3.63) is 21.9 Å². The molecule has 6 heteroatoms. The third-order valence-electron chi connectivity index (χ3n) is 3.50. The smallest absolute Gasteiger partial charge is 0.395 e. The predicted octanol–water partition coefficient (Wildman–Crippen LogP) is 3.96. The average Bonchev–Trinajstić information content (AvgIpc) is 2.93. The zero-order valence-electron chi connectivity index (χ0n) is 9.75. The van der Waals surface area contributed by atoms with Crippen molar-refractivity contribution in [1.29, 1.82) is 0 Å². The first kappa shape index (κ1) is 13.4. The van der Waals surface area contributed by atoms with Gasteiger partial charge in [-0.2, -0.15) is 13.2 Å². The lowest BCUT2D eigenvalue weighted by Gasteiger charge is -2.27. The molecule has 0 aliphatic heterocycles. The molecule has 0 spiro atoms. The number of hydrogen-bond donors (Lipinski definition) is 1. The summed E-state index contributed by atoms with van der Waals surface area (Å²) in [4.78, 5) is 12.3. The summed E-state index contributed by atoms with van der Waals surface area (Å²) in [6.07, 6.45) is -4.72. The van der Waals surface area contributed by atoms with Crippen molar-refractivity contribution in [1.82, 2.24) is 0 Å². The summed E-state index contributed by atoms with van der Waals surface area (Å²) in [5.74, 6) is -2.13. The van der Waals surface area contributed by atoms with E-state index in [4.69, 9.17) is 5.11 Å². The number of aryl methyl sites for hydroxylation is 1. The van der Waals surface area contributed by atoms with Crippen LogP contribution in [-0.4, -0.2) is 17.3 Å². The van der Waals surface area contributed by atoms with Crippen molar-refractivity contribution >= 4 is 17.3 Å². The molecular weight excluding hydrogens is 265 g/mol. The number of halogens is 3. The largest absolute Gasteiger partial charge is 0.481 e. The lowest BCUT2D eigenvalue weighted by Crippen LogP contribution is -2.32. The van der Waals surface area contributed by atoms with E-state index in [9.17, 15) is 18.0 Å². The van der Waals surface area contributed by atoms with Crippen molar-refractivity contribution < 1.29 is 23.1 Å². The lowest BCUT2D eigenvalue weighted by molar-refractivity contribution is -0.195. The molecule has 100 valence electrons. The molecule has 2 nitrogen and oxygen atoms in total. The van der Waals surface area contributed by atoms with Crippen LogP contribution in [0.5, 0.6) is 0 Å². The standard InChI is InChI=1S/C12H13F3O2S/c1-7-2-3-9(18-7)8(6-10(16)17)11(4-5-11)12(13,14)15/h2-3,8H,4-6H2,1H3,(H,16,17). The van der Waals surface area contributed by atoms with Crippen molar-refractivity contribution in [2.75, 3.05) is 0 Å². The molecule has 0 radical (unpaired) electrons. The van der Waals surface area contributed by atoms with Crippen LogP contribution in [0.2, 0.25) is 0 Å². The van der Waals surface area contributed by atoms with Gasteiger partial charge in [-0.25, -0.2) is 0 Å². The molecule has 0 amide bonds. The van der Waals surface area contributed by atoms with Gasteiger partial charge in [0.2, 0.25) is 0 Å². The summed E-state index contributed by atoms with van der Waals surface area (Å²) in [6.45, 7) is 1.80. The highest BCUT2D eigenvalue weighted by molar-refractivity contribution is 7.12. The number of carbonyl (C=O) groups is 1. The number of rotatable bonds is 4. The van der Waals surface area contributed by atoms with E-state index in [1.807, 2.05) is 0 Å². The van der Waals surface area contributed by atoms with Gasteiger partial charge >= 0.3 is 12.1 Å². The van der Waals surface area contributed by atoms with Gasteiger partial charge in [0.1, 0.15) is 0 Å². The SMILES string of the molecule is Cc1ccc(C(CC(=O)O)C2(C(F)(F)F)CC2)s1. The third-order valence-corrected chi connectivity index (χ3v) is 4.62.